The summed E-state index contributed by atoms with van der Waals surface area (Å²) in [7, 11) is -3.94. The fraction of sp³-hybridized carbons (Fsp3) is 0.455. The number of sulfonamides is 1. The Kier molecular flexibility index (Phi) is 10.5. The lowest BCUT2D eigenvalue weighted by atomic mass is 9.69. The fourth-order valence-electron chi connectivity index (χ4n) is 6.01. The fourth-order valence-corrected chi connectivity index (χ4v) is 7.60. The molecule has 226 valence electrons. The number of carbonyl (C=O) groups is 1. The Labute approximate surface area is 250 Å². The first-order valence-corrected chi connectivity index (χ1v) is 16.3. The molecule has 1 aliphatic carbocycles. The van der Waals surface area contributed by atoms with Crippen LogP contribution in [0.3, 0.4) is 0 Å². The van der Waals surface area contributed by atoms with E-state index in [1.165, 1.54) is 4.31 Å². The Hall–Kier alpha value is -3.11. The third kappa shape index (κ3) is 7.26. The van der Waals surface area contributed by atoms with Crippen LogP contribution in [0.15, 0.2) is 90.0 Å². The minimum atomic E-state index is -3.94. The molecule has 4 rings (SSSR count). The number of rotatable bonds is 13. The molecular weight excluding hydrogens is 548 g/mol. The maximum atomic E-state index is 13.9. The van der Waals surface area contributed by atoms with Crippen LogP contribution in [0.25, 0.3) is 0 Å². The molecule has 0 bridgehead atoms. The van der Waals surface area contributed by atoms with Crippen LogP contribution in [0.2, 0.25) is 0 Å². The van der Waals surface area contributed by atoms with E-state index in [9.17, 15) is 18.3 Å². The van der Waals surface area contributed by atoms with Gasteiger partial charge in [-0.2, -0.15) is 4.31 Å². The molecule has 0 radical (unpaired) electrons. The summed E-state index contributed by atoms with van der Waals surface area (Å²) in [5.74, 6) is -0.349. The van der Waals surface area contributed by atoms with Gasteiger partial charge in [0.05, 0.1) is 16.5 Å². The van der Waals surface area contributed by atoms with Gasteiger partial charge in [-0.25, -0.2) is 8.42 Å². The third-order valence-corrected chi connectivity index (χ3v) is 10.5. The SMILES string of the molecule is CC(CN)CN(C[C@@H](O)[C@@](C)(NC(=O)CC1(c2ccccn2)CCCCC1)c1ccccc1)S(=O)(=O)c1ccccc1. The van der Waals surface area contributed by atoms with Crippen molar-refractivity contribution in [2.24, 2.45) is 11.7 Å². The second-order valence-corrected chi connectivity index (χ2v) is 13.8. The van der Waals surface area contributed by atoms with Crippen molar-refractivity contribution in [2.45, 2.75) is 74.3 Å². The summed E-state index contributed by atoms with van der Waals surface area (Å²) in [6.07, 6.45) is 5.64. The van der Waals surface area contributed by atoms with Crippen molar-refractivity contribution in [3.63, 3.8) is 0 Å². The van der Waals surface area contributed by atoms with Crippen LogP contribution in [0, 0.1) is 5.92 Å². The molecule has 1 heterocycles. The van der Waals surface area contributed by atoms with Crippen LogP contribution in [-0.2, 0) is 25.8 Å². The highest BCUT2D eigenvalue weighted by Crippen LogP contribution is 2.41. The zero-order valence-corrected chi connectivity index (χ0v) is 25.5. The van der Waals surface area contributed by atoms with Crippen molar-refractivity contribution in [2.75, 3.05) is 19.6 Å². The van der Waals surface area contributed by atoms with Gasteiger partial charge in [0.25, 0.3) is 0 Å². The van der Waals surface area contributed by atoms with Crippen LogP contribution in [0.4, 0.5) is 0 Å². The molecule has 0 saturated heterocycles. The van der Waals surface area contributed by atoms with Crippen LogP contribution in [0.1, 0.15) is 63.6 Å². The Morgan fingerprint density at radius 2 is 1.62 bits per heavy atom. The van der Waals surface area contributed by atoms with E-state index in [0.29, 0.717) is 12.1 Å². The van der Waals surface area contributed by atoms with Crippen LogP contribution in [-0.4, -0.2) is 54.5 Å². The standard InChI is InChI=1S/C33H44N4O4S/c1-26(23-34)24-37(42(40,41)28-16-8-4-9-17-28)25-30(38)32(2,27-14-6-3-7-15-27)36-31(39)22-33(19-11-5-12-20-33)29-18-10-13-21-35-29/h3-4,6-10,13-18,21,26,30,38H,5,11-12,19-20,22-25,34H2,1-2H3,(H,36,39)/t26?,30-,32+/m1/s1. The first kappa shape index (κ1) is 31.8. The van der Waals surface area contributed by atoms with Gasteiger partial charge >= 0.3 is 0 Å². The summed E-state index contributed by atoms with van der Waals surface area (Å²) in [4.78, 5) is 18.7. The minimum Gasteiger partial charge on any atom is -0.389 e. The topological polar surface area (TPSA) is 126 Å². The lowest BCUT2D eigenvalue weighted by Gasteiger charge is -2.41. The third-order valence-electron chi connectivity index (χ3n) is 8.63. The number of carbonyl (C=O) groups excluding carboxylic acids is 1. The smallest absolute Gasteiger partial charge is 0.243 e. The Bertz CT molecular complexity index is 1380. The predicted molar refractivity (Wildman–Crippen MR) is 165 cm³/mol. The molecule has 4 N–H and O–H groups in total. The van der Waals surface area contributed by atoms with Crippen molar-refractivity contribution in [1.29, 1.82) is 0 Å². The summed E-state index contributed by atoms with van der Waals surface area (Å²) in [5.41, 5.74) is 5.83. The molecule has 3 atom stereocenters. The van der Waals surface area contributed by atoms with Gasteiger partial charge in [0.1, 0.15) is 0 Å². The first-order chi connectivity index (χ1) is 20.1. The average Bonchev–Trinajstić information content (AvgIpc) is 3.02. The zero-order chi connectivity index (χ0) is 30.2. The minimum absolute atomic E-state index is 0.131. The number of hydrogen-bond donors (Lipinski definition) is 3. The normalized spacial score (nSPS) is 18.1. The summed E-state index contributed by atoms with van der Waals surface area (Å²) in [5, 5.41) is 15.0. The van der Waals surface area contributed by atoms with Crippen LogP contribution in [0.5, 0.6) is 0 Å². The number of benzene rings is 2. The quantitative estimate of drug-likeness (QED) is 0.271. The Morgan fingerprint density at radius 3 is 2.21 bits per heavy atom. The highest BCUT2D eigenvalue weighted by atomic mass is 32.2. The molecule has 2 aromatic carbocycles. The highest BCUT2D eigenvalue weighted by Gasteiger charge is 2.43. The van der Waals surface area contributed by atoms with Gasteiger partial charge in [-0.15, -0.1) is 0 Å². The number of pyridine rings is 1. The van der Waals surface area contributed by atoms with Crippen LogP contribution >= 0.6 is 0 Å². The number of aromatic nitrogens is 1. The lowest BCUT2D eigenvalue weighted by molar-refractivity contribution is -0.126. The van der Waals surface area contributed by atoms with Crippen molar-refractivity contribution in [1.82, 2.24) is 14.6 Å². The predicted octanol–water partition coefficient (Wildman–Crippen LogP) is 4.35. The van der Waals surface area contributed by atoms with E-state index in [2.05, 4.69) is 10.3 Å². The molecule has 1 aliphatic rings. The molecule has 3 aromatic rings. The number of hydrogen-bond acceptors (Lipinski definition) is 6. The molecule has 1 fully saturated rings. The lowest BCUT2D eigenvalue weighted by Crippen LogP contribution is -2.57. The second-order valence-electron chi connectivity index (χ2n) is 11.8. The van der Waals surface area contributed by atoms with Gasteiger partial charge in [-0.3, -0.25) is 9.78 Å². The molecule has 1 unspecified atom stereocenters. The summed E-state index contributed by atoms with van der Waals surface area (Å²) < 4.78 is 28.8. The summed E-state index contributed by atoms with van der Waals surface area (Å²) in [6, 6.07) is 23.3. The number of nitrogens with two attached hydrogens (primary N) is 1. The van der Waals surface area contributed by atoms with Crippen molar-refractivity contribution in [3.8, 4) is 0 Å². The van der Waals surface area contributed by atoms with Gasteiger partial charge in [0.2, 0.25) is 15.9 Å². The molecule has 42 heavy (non-hydrogen) atoms. The van der Waals surface area contributed by atoms with Gasteiger partial charge in [0, 0.05) is 36.8 Å². The summed E-state index contributed by atoms with van der Waals surface area (Å²) >= 11 is 0. The number of aliphatic hydroxyl groups is 1. The maximum Gasteiger partial charge on any atom is 0.243 e. The van der Waals surface area contributed by atoms with E-state index < -0.39 is 21.7 Å². The maximum absolute atomic E-state index is 13.9. The van der Waals surface area contributed by atoms with E-state index >= 15 is 0 Å². The van der Waals surface area contributed by atoms with Gasteiger partial charge in [0.15, 0.2) is 0 Å². The number of aliphatic hydroxyl groups excluding tert-OH is 1. The molecule has 8 nitrogen and oxygen atoms in total. The summed E-state index contributed by atoms with van der Waals surface area (Å²) in [6.45, 7) is 3.84. The van der Waals surface area contributed by atoms with Crippen LogP contribution < -0.4 is 11.1 Å². The highest BCUT2D eigenvalue weighted by molar-refractivity contribution is 7.89. The largest absolute Gasteiger partial charge is 0.389 e. The molecule has 1 aromatic heterocycles. The Balaban J connectivity index is 1.65. The van der Waals surface area contributed by atoms with Gasteiger partial charge < -0.3 is 16.2 Å². The molecule has 0 spiro atoms. The second kappa shape index (κ2) is 13.9. The van der Waals surface area contributed by atoms with Crippen molar-refractivity contribution < 1.29 is 18.3 Å². The van der Waals surface area contributed by atoms with Crippen molar-refractivity contribution >= 4 is 15.9 Å². The number of amides is 1. The first-order valence-electron chi connectivity index (χ1n) is 14.8. The average molecular weight is 593 g/mol. The van der Waals surface area contributed by atoms with E-state index in [0.717, 1.165) is 37.8 Å². The monoisotopic (exact) mass is 592 g/mol. The number of nitrogens with one attached hydrogen (secondary N) is 1. The zero-order valence-electron chi connectivity index (χ0n) is 24.7. The van der Waals surface area contributed by atoms with Crippen molar-refractivity contribution in [3.05, 3.63) is 96.3 Å². The van der Waals surface area contributed by atoms with E-state index in [1.807, 2.05) is 55.5 Å². The van der Waals surface area contributed by atoms with E-state index in [1.54, 1.807) is 43.5 Å². The Morgan fingerprint density at radius 1 is 1.00 bits per heavy atom. The van der Waals surface area contributed by atoms with Gasteiger partial charge in [-0.05, 0) is 62.1 Å². The van der Waals surface area contributed by atoms with E-state index in [-0.39, 0.29) is 41.6 Å². The molecule has 1 amide bonds. The molecular formula is C33H44N4O4S. The number of nitrogens with zero attached hydrogens (tertiary/aromatic N) is 2. The molecule has 0 aliphatic heterocycles. The van der Waals surface area contributed by atoms with E-state index in [4.69, 9.17) is 5.73 Å². The van der Waals surface area contributed by atoms with Gasteiger partial charge in [-0.1, -0.05) is 80.8 Å². The molecule has 1 saturated carbocycles. The molecule has 9 heteroatoms.